The van der Waals surface area contributed by atoms with E-state index in [1.54, 1.807) is 12.1 Å². The molecule has 1 N–H and O–H groups in total. The number of nitrogens with zero attached hydrogens (tertiary/aromatic N) is 1. The molecule has 0 aliphatic heterocycles. The molecule has 1 aromatic heterocycles. The molecule has 1 atom stereocenters. The van der Waals surface area contributed by atoms with Crippen LogP contribution in [-0.2, 0) is 4.74 Å². The Bertz CT molecular complexity index is 713. The highest BCUT2D eigenvalue weighted by molar-refractivity contribution is 5.65. The molecule has 0 fully saturated rings. The predicted molar refractivity (Wildman–Crippen MR) is 109 cm³/mol. The highest BCUT2D eigenvalue weighted by Gasteiger charge is 2.04. The summed E-state index contributed by atoms with van der Waals surface area (Å²) < 4.78 is 20.1. The Labute approximate surface area is 161 Å². The minimum atomic E-state index is -0.260. The summed E-state index contributed by atoms with van der Waals surface area (Å²) in [4.78, 5) is 3.83. The topological polar surface area (TPSA) is 42.4 Å². The van der Waals surface area contributed by atoms with Gasteiger partial charge in [-0.25, -0.2) is 9.37 Å². The van der Waals surface area contributed by atoms with Gasteiger partial charge in [-0.15, -0.1) is 0 Å². The molecule has 0 bridgehead atoms. The summed E-state index contributed by atoms with van der Waals surface area (Å²) in [5.74, 6) is -0.302. The summed E-state index contributed by atoms with van der Waals surface area (Å²) in [7, 11) is 0. The van der Waals surface area contributed by atoms with E-state index in [4.69, 9.17) is 4.74 Å². The Morgan fingerprint density at radius 1 is 1.15 bits per heavy atom. The van der Waals surface area contributed by atoms with E-state index in [9.17, 15) is 9.50 Å². The van der Waals surface area contributed by atoms with Crippen molar-refractivity contribution in [1.82, 2.24) is 4.98 Å². The van der Waals surface area contributed by atoms with E-state index >= 15 is 0 Å². The lowest BCUT2D eigenvalue weighted by molar-refractivity contribution is 0.0566. The van der Waals surface area contributed by atoms with E-state index in [0.717, 1.165) is 43.4 Å². The highest BCUT2D eigenvalue weighted by Crippen LogP contribution is 2.23. The molecule has 0 aliphatic carbocycles. The maximum Gasteiger partial charge on any atom is 0.210 e. The Hall–Kier alpha value is -2.20. The Balaban J connectivity index is 1.77. The number of unbranched alkanes of at least 4 members (excludes halogenated alkanes) is 3. The number of aromatic hydroxyl groups is 1. The van der Waals surface area contributed by atoms with E-state index < -0.39 is 0 Å². The third-order valence-electron chi connectivity index (χ3n) is 4.51. The van der Waals surface area contributed by atoms with E-state index in [1.165, 1.54) is 31.2 Å². The fourth-order valence-corrected chi connectivity index (χ4v) is 2.85. The molecule has 2 aromatic rings. The Kier molecular flexibility index (Phi) is 8.99. The van der Waals surface area contributed by atoms with Crippen molar-refractivity contribution >= 4 is 6.08 Å². The lowest BCUT2D eigenvalue weighted by Gasteiger charge is -2.12. The number of hydrogen-bond donors (Lipinski definition) is 1. The summed E-state index contributed by atoms with van der Waals surface area (Å²) in [5, 5.41) is 9.24. The molecule has 27 heavy (non-hydrogen) atoms. The zero-order valence-electron chi connectivity index (χ0n) is 16.3. The summed E-state index contributed by atoms with van der Waals surface area (Å²) >= 11 is 0. The molecular formula is C23H30FNO2. The van der Waals surface area contributed by atoms with Gasteiger partial charge in [0.2, 0.25) is 5.88 Å². The molecule has 1 unspecified atom stereocenters. The lowest BCUT2D eigenvalue weighted by Crippen LogP contribution is -2.08. The van der Waals surface area contributed by atoms with Gasteiger partial charge < -0.3 is 9.84 Å². The van der Waals surface area contributed by atoms with Crippen molar-refractivity contribution in [3.8, 4) is 17.0 Å². The predicted octanol–water partition coefficient (Wildman–Crippen LogP) is 6.37. The van der Waals surface area contributed by atoms with Crippen LogP contribution >= 0.6 is 0 Å². The molecular weight excluding hydrogens is 341 g/mol. The number of rotatable bonds is 11. The van der Waals surface area contributed by atoms with Crippen molar-refractivity contribution in [2.45, 2.75) is 58.5 Å². The Morgan fingerprint density at radius 2 is 1.96 bits per heavy atom. The van der Waals surface area contributed by atoms with Crippen LogP contribution < -0.4 is 0 Å². The average molecular weight is 371 g/mol. The van der Waals surface area contributed by atoms with Crippen LogP contribution in [0.25, 0.3) is 17.2 Å². The van der Waals surface area contributed by atoms with Crippen LogP contribution in [0.2, 0.25) is 0 Å². The van der Waals surface area contributed by atoms with Gasteiger partial charge in [0, 0.05) is 30.0 Å². The summed E-state index contributed by atoms with van der Waals surface area (Å²) in [5.41, 5.74) is 2.09. The van der Waals surface area contributed by atoms with Gasteiger partial charge in [0.05, 0.1) is 6.10 Å². The number of benzene rings is 1. The van der Waals surface area contributed by atoms with Crippen LogP contribution in [0, 0.1) is 5.82 Å². The second-order valence-corrected chi connectivity index (χ2v) is 6.86. The molecule has 2 rings (SSSR count). The number of hydrogen-bond acceptors (Lipinski definition) is 3. The lowest BCUT2D eigenvalue weighted by atomic mass is 10.0. The quantitative estimate of drug-likeness (QED) is 0.467. The van der Waals surface area contributed by atoms with Gasteiger partial charge in [-0.05, 0) is 50.3 Å². The molecule has 0 amide bonds. The number of pyridine rings is 1. The van der Waals surface area contributed by atoms with Crippen LogP contribution in [0.15, 0.2) is 42.6 Å². The van der Waals surface area contributed by atoms with Gasteiger partial charge in [0.15, 0.2) is 0 Å². The largest absolute Gasteiger partial charge is 0.493 e. The summed E-state index contributed by atoms with van der Waals surface area (Å²) in [6, 6.07) is 8.35. The molecule has 0 saturated heterocycles. The SMILES string of the molecule is CCCCCOC(C)CCCC=Cc1ccc(-c2ccc(O)nc2)cc1F. The number of ether oxygens (including phenoxy) is 1. The third-order valence-corrected chi connectivity index (χ3v) is 4.51. The van der Waals surface area contributed by atoms with Crippen LogP contribution in [0.3, 0.4) is 0 Å². The summed E-state index contributed by atoms with van der Waals surface area (Å²) in [6.07, 6.45) is 12.2. The van der Waals surface area contributed by atoms with E-state index in [-0.39, 0.29) is 17.8 Å². The fraction of sp³-hybridized carbons (Fsp3) is 0.435. The molecule has 3 nitrogen and oxygen atoms in total. The molecule has 0 spiro atoms. The van der Waals surface area contributed by atoms with Crippen LogP contribution in [-0.4, -0.2) is 22.8 Å². The molecule has 1 aromatic carbocycles. The van der Waals surface area contributed by atoms with Crippen molar-refractivity contribution in [3.63, 3.8) is 0 Å². The van der Waals surface area contributed by atoms with Gasteiger partial charge in [0.25, 0.3) is 0 Å². The van der Waals surface area contributed by atoms with Crippen LogP contribution in [0.4, 0.5) is 4.39 Å². The third kappa shape index (κ3) is 7.51. The van der Waals surface area contributed by atoms with E-state index in [2.05, 4.69) is 18.8 Å². The normalized spacial score (nSPS) is 12.6. The smallest absolute Gasteiger partial charge is 0.210 e. The van der Waals surface area contributed by atoms with Gasteiger partial charge in [-0.1, -0.05) is 44.1 Å². The minimum Gasteiger partial charge on any atom is -0.493 e. The monoisotopic (exact) mass is 371 g/mol. The highest BCUT2D eigenvalue weighted by atomic mass is 19.1. The maximum atomic E-state index is 14.3. The van der Waals surface area contributed by atoms with Gasteiger partial charge >= 0.3 is 0 Å². The standard InChI is InChI=1S/C23H30FNO2/c1-3-4-8-15-27-18(2)9-6-5-7-10-19-11-12-20(16-22(19)24)21-13-14-23(26)25-17-21/h7,10-14,16-18H,3-6,8-9,15H2,1-2H3,(H,25,26). The van der Waals surface area contributed by atoms with Crippen molar-refractivity contribution in [2.24, 2.45) is 0 Å². The first-order valence-electron chi connectivity index (χ1n) is 9.83. The van der Waals surface area contributed by atoms with E-state index in [0.29, 0.717) is 5.56 Å². The second kappa shape index (κ2) is 11.5. The fourth-order valence-electron chi connectivity index (χ4n) is 2.85. The first-order chi connectivity index (χ1) is 13.1. The van der Waals surface area contributed by atoms with Crippen molar-refractivity contribution in [1.29, 1.82) is 0 Å². The summed E-state index contributed by atoms with van der Waals surface area (Å²) in [6.45, 7) is 5.15. The van der Waals surface area contributed by atoms with Crippen LogP contribution in [0.1, 0.15) is 57.9 Å². The molecule has 4 heteroatoms. The van der Waals surface area contributed by atoms with E-state index in [1.807, 2.05) is 18.2 Å². The molecule has 0 saturated carbocycles. The molecule has 0 radical (unpaired) electrons. The number of halogens is 1. The average Bonchev–Trinajstić information content (AvgIpc) is 2.66. The minimum absolute atomic E-state index is 0.0422. The maximum absolute atomic E-state index is 14.3. The zero-order valence-corrected chi connectivity index (χ0v) is 16.3. The second-order valence-electron chi connectivity index (χ2n) is 6.86. The first kappa shape index (κ1) is 21.1. The van der Waals surface area contributed by atoms with Gasteiger partial charge in [-0.2, -0.15) is 0 Å². The molecule has 0 aliphatic rings. The van der Waals surface area contributed by atoms with Crippen LogP contribution in [0.5, 0.6) is 5.88 Å². The number of aromatic nitrogens is 1. The first-order valence-corrected chi connectivity index (χ1v) is 9.83. The molecule has 146 valence electrons. The van der Waals surface area contributed by atoms with Gasteiger partial charge in [0.1, 0.15) is 5.82 Å². The van der Waals surface area contributed by atoms with Crippen molar-refractivity contribution in [3.05, 3.63) is 54.0 Å². The van der Waals surface area contributed by atoms with Crippen molar-refractivity contribution < 1.29 is 14.2 Å². The zero-order chi connectivity index (χ0) is 19.5. The van der Waals surface area contributed by atoms with Gasteiger partial charge in [-0.3, -0.25) is 0 Å². The van der Waals surface area contributed by atoms with Crippen molar-refractivity contribution in [2.75, 3.05) is 6.61 Å². The molecule has 1 heterocycles. The Morgan fingerprint density at radius 3 is 2.67 bits per heavy atom. The number of allylic oxidation sites excluding steroid dienone is 1.